The number of hydrogen-bond acceptors (Lipinski definition) is 4. The van der Waals surface area contributed by atoms with Crippen LogP contribution in [0.3, 0.4) is 0 Å². The molecule has 0 atom stereocenters. The van der Waals surface area contributed by atoms with Crippen molar-refractivity contribution < 1.29 is 14.2 Å². The zero-order chi connectivity index (χ0) is 14.6. The van der Waals surface area contributed by atoms with E-state index in [9.17, 15) is 0 Å². The minimum Gasteiger partial charge on any atom is -0.494 e. The van der Waals surface area contributed by atoms with Crippen LogP contribution in [-0.4, -0.2) is 58.6 Å². The molecular weight excluding hydrogens is 254 g/mol. The fourth-order valence-corrected chi connectivity index (χ4v) is 1.96. The van der Waals surface area contributed by atoms with Crippen molar-refractivity contribution in [1.82, 2.24) is 4.90 Å². The van der Waals surface area contributed by atoms with Gasteiger partial charge in [0.1, 0.15) is 5.75 Å². The molecule has 20 heavy (non-hydrogen) atoms. The maximum atomic E-state index is 5.76. The normalized spacial score (nSPS) is 11.0. The van der Waals surface area contributed by atoms with Crippen molar-refractivity contribution in [3.05, 3.63) is 29.8 Å². The second kappa shape index (κ2) is 10.7. The molecule has 114 valence electrons. The molecule has 4 nitrogen and oxygen atoms in total. The molecule has 0 saturated heterocycles. The van der Waals surface area contributed by atoms with E-state index >= 15 is 0 Å². The summed E-state index contributed by atoms with van der Waals surface area (Å²) < 4.78 is 16.0. The molecule has 1 aromatic rings. The van der Waals surface area contributed by atoms with E-state index < -0.39 is 0 Å². The van der Waals surface area contributed by atoms with Crippen LogP contribution in [0.5, 0.6) is 5.75 Å². The fraction of sp³-hybridized carbons (Fsp3) is 0.625. The van der Waals surface area contributed by atoms with E-state index in [0.717, 1.165) is 51.6 Å². The van der Waals surface area contributed by atoms with Gasteiger partial charge in [0.15, 0.2) is 0 Å². The average Bonchev–Trinajstić information content (AvgIpc) is 2.45. The molecule has 0 aromatic heterocycles. The number of rotatable bonds is 11. The first-order valence-corrected chi connectivity index (χ1v) is 7.16. The summed E-state index contributed by atoms with van der Waals surface area (Å²) in [5, 5.41) is 0. The van der Waals surface area contributed by atoms with Gasteiger partial charge in [0.25, 0.3) is 0 Å². The monoisotopic (exact) mass is 281 g/mol. The van der Waals surface area contributed by atoms with Gasteiger partial charge in [-0.2, -0.15) is 0 Å². The van der Waals surface area contributed by atoms with Crippen LogP contribution in [-0.2, 0) is 9.47 Å². The minimum atomic E-state index is 0.736. The first-order chi connectivity index (χ1) is 9.76. The Kier molecular flexibility index (Phi) is 9.04. The van der Waals surface area contributed by atoms with E-state index in [0.29, 0.717) is 0 Å². The Hall–Kier alpha value is -1.10. The van der Waals surface area contributed by atoms with Crippen molar-refractivity contribution in [2.45, 2.75) is 13.3 Å². The van der Waals surface area contributed by atoms with Gasteiger partial charge >= 0.3 is 0 Å². The lowest BCUT2D eigenvalue weighted by molar-refractivity contribution is 0.110. The predicted molar refractivity (Wildman–Crippen MR) is 81.5 cm³/mol. The Morgan fingerprint density at radius 3 is 2.25 bits per heavy atom. The Morgan fingerprint density at radius 1 is 0.950 bits per heavy atom. The molecule has 0 radical (unpaired) electrons. The maximum absolute atomic E-state index is 5.76. The third-order valence-corrected chi connectivity index (χ3v) is 3.10. The van der Waals surface area contributed by atoms with Gasteiger partial charge in [0, 0.05) is 33.9 Å². The second-order valence-corrected chi connectivity index (χ2v) is 4.85. The summed E-state index contributed by atoms with van der Waals surface area (Å²) in [5.41, 5.74) is 1.23. The molecule has 1 aromatic carbocycles. The summed E-state index contributed by atoms with van der Waals surface area (Å²) in [7, 11) is 3.46. The predicted octanol–water partition coefficient (Wildman–Crippen LogP) is 2.36. The van der Waals surface area contributed by atoms with Gasteiger partial charge in [-0.15, -0.1) is 0 Å². The Bertz CT molecular complexity index is 349. The lowest BCUT2D eigenvalue weighted by Gasteiger charge is -2.21. The molecule has 0 fully saturated rings. The molecule has 1 rings (SSSR count). The van der Waals surface area contributed by atoms with Gasteiger partial charge in [0.2, 0.25) is 0 Å². The lowest BCUT2D eigenvalue weighted by Crippen LogP contribution is -2.32. The van der Waals surface area contributed by atoms with Crippen LogP contribution < -0.4 is 4.74 Å². The molecule has 0 aliphatic rings. The summed E-state index contributed by atoms with van der Waals surface area (Å²) in [6.45, 7) is 7.18. The van der Waals surface area contributed by atoms with Crippen molar-refractivity contribution in [3.63, 3.8) is 0 Å². The van der Waals surface area contributed by atoms with Crippen LogP contribution in [0, 0.1) is 6.92 Å². The molecule has 0 spiro atoms. The van der Waals surface area contributed by atoms with E-state index in [-0.39, 0.29) is 0 Å². The van der Waals surface area contributed by atoms with Crippen LogP contribution in [0.2, 0.25) is 0 Å². The van der Waals surface area contributed by atoms with Gasteiger partial charge in [0.05, 0.1) is 19.8 Å². The molecule has 0 aliphatic heterocycles. The van der Waals surface area contributed by atoms with Gasteiger partial charge in [-0.05, 0) is 31.0 Å². The SMILES string of the molecule is COCCN(CCCOc1cccc(C)c1)CCOC. The quantitative estimate of drug-likeness (QED) is 0.583. The maximum Gasteiger partial charge on any atom is 0.119 e. The standard InChI is InChI=1S/C16H27NO3/c1-15-6-4-7-16(14-15)20-11-5-8-17(9-12-18-2)10-13-19-3/h4,6-7,14H,5,8-13H2,1-3H3. The first kappa shape index (κ1) is 17.0. The summed E-state index contributed by atoms with van der Waals surface area (Å²) in [6, 6.07) is 8.16. The van der Waals surface area contributed by atoms with Crippen molar-refractivity contribution in [3.8, 4) is 5.75 Å². The topological polar surface area (TPSA) is 30.9 Å². The number of nitrogens with zero attached hydrogens (tertiary/aromatic N) is 1. The number of benzene rings is 1. The lowest BCUT2D eigenvalue weighted by atomic mass is 10.2. The molecular formula is C16H27NO3. The van der Waals surface area contributed by atoms with Gasteiger partial charge in [-0.3, -0.25) is 4.90 Å². The van der Waals surface area contributed by atoms with Crippen molar-refractivity contribution in [1.29, 1.82) is 0 Å². The van der Waals surface area contributed by atoms with Crippen molar-refractivity contribution in [2.75, 3.05) is 53.7 Å². The van der Waals surface area contributed by atoms with Gasteiger partial charge in [-0.1, -0.05) is 12.1 Å². The third-order valence-electron chi connectivity index (χ3n) is 3.10. The third kappa shape index (κ3) is 7.48. The molecule has 0 aliphatic carbocycles. The van der Waals surface area contributed by atoms with Crippen LogP contribution >= 0.6 is 0 Å². The van der Waals surface area contributed by atoms with E-state index in [2.05, 4.69) is 24.0 Å². The summed E-state index contributed by atoms with van der Waals surface area (Å²) in [6.07, 6.45) is 1.00. The molecule has 0 N–H and O–H groups in total. The van der Waals surface area contributed by atoms with Crippen LogP contribution in [0.25, 0.3) is 0 Å². The zero-order valence-corrected chi connectivity index (χ0v) is 12.9. The molecule has 0 amide bonds. The zero-order valence-electron chi connectivity index (χ0n) is 12.9. The molecule has 0 unspecified atom stereocenters. The van der Waals surface area contributed by atoms with E-state index in [1.807, 2.05) is 12.1 Å². The number of ether oxygens (including phenoxy) is 3. The molecule has 4 heteroatoms. The summed E-state index contributed by atoms with van der Waals surface area (Å²) in [5.74, 6) is 0.949. The summed E-state index contributed by atoms with van der Waals surface area (Å²) in [4.78, 5) is 2.34. The highest BCUT2D eigenvalue weighted by molar-refractivity contribution is 5.27. The van der Waals surface area contributed by atoms with Crippen LogP contribution in [0.4, 0.5) is 0 Å². The highest BCUT2D eigenvalue weighted by atomic mass is 16.5. The number of aryl methyl sites for hydroxylation is 1. The van der Waals surface area contributed by atoms with Crippen molar-refractivity contribution >= 4 is 0 Å². The Morgan fingerprint density at radius 2 is 1.65 bits per heavy atom. The molecule has 0 bridgehead atoms. The average molecular weight is 281 g/mol. The van der Waals surface area contributed by atoms with Gasteiger partial charge in [-0.25, -0.2) is 0 Å². The fourth-order valence-electron chi connectivity index (χ4n) is 1.96. The Balaban J connectivity index is 2.21. The smallest absolute Gasteiger partial charge is 0.119 e. The van der Waals surface area contributed by atoms with Crippen molar-refractivity contribution in [2.24, 2.45) is 0 Å². The number of methoxy groups -OCH3 is 2. The highest BCUT2D eigenvalue weighted by Crippen LogP contribution is 2.12. The summed E-state index contributed by atoms with van der Waals surface area (Å²) >= 11 is 0. The van der Waals surface area contributed by atoms with E-state index in [4.69, 9.17) is 14.2 Å². The van der Waals surface area contributed by atoms with E-state index in [1.54, 1.807) is 14.2 Å². The largest absolute Gasteiger partial charge is 0.494 e. The van der Waals surface area contributed by atoms with Crippen LogP contribution in [0.1, 0.15) is 12.0 Å². The van der Waals surface area contributed by atoms with Gasteiger partial charge < -0.3 is 14.2 Å². The Labute approximate surface area is 122 Å². The van der Waals surface area contributed by atoms with E-state index in [1.165, 1.54) is 5.56 Å². The molecule has 0 heterocycles. The number of hydrogen-bond donors (Lipinski definition) is 0. The molecule has 0 saturated carbocycles. The first-order valence-electron chi connectivity index (χ1n) is 7.16. The second-order valence-electron chi connectivity index (χ2n) is 4.85. The van der Waals surface area contributed by atoms with Crippen LogP contribution in [0.15, 0.2) is 24.3 Å². The minimum absolute atomic E-state index is 0.736. The highest BCUT2D eigenvalue weighted by Gasteiger charge is 2.04.